The van der Waals surface area contributed by atoms with Crippen LogP contribution in [0.1, 0.15) is 29.8 Å². The van der Waals surface area contributed by atoms with Gasteiger partial charge in [0.15, 0.2) is 11.5 Å². The van der Waals surface area contributed by atoms with Crippen LogP contribution in [-0.2, 0) is 9.53 Å². The van der Waals surface area contributed by atoms with Crippen LogP contribution in [0.4, 0.5) is 4.39 Å². The van der Waals surface area contributed by atoms with Gasteiger partial charge in [-0.15, -0.1) is 0 Å². The summed E-state index contributed by atoms with van der Waals surface area (Å²) < 4.78 is 28.5. The van der Waals surface area contributed by atoms with E-state index < -0.39 is 17.8 Å². The number of halogens is 1. The zero-order valence-electron chi connectivity index (χ0n) is 15.6. The third kappa shape index (κ3) is 5.42. The fourth-order valence-corrected chi connectivity index (χ4v) is 2.18. The van der Waals surface area contributed by atoms with E-state index in [0.717, 1.165) is 12.1 Å². The standard InChI is InChI=1S/C21H18FNO5/c1-13(2)27-21(25)16(12-23)10-14-4-9-18(19(11-14)26-3)28-20(24)15-5-7-17(22)8-6-15/h4-11,13H,1-3H3/b16-10+. The number of nitrogens with zero attached hydrogens (tertiary/aromatic N) is 1. The molecule has 0 spiro atoms. The van der Waals surface area contributed by atoms with E-state index >= 15 is 0 Å². The second-order valence-corrected chi connectivity index (χ2v) is 5.93. The molecule has 28 heavy (non-hydrogen) atoms. The first-order valence-corrected chi connectivity index (χ1v) is 8.32. The summed E-state index contributed by atoms with van der Waals surface area (Å²) in [5.41, 5.74) is 0.484. The third-order valence-corrected chi connectivity index (χ3v) is 3.46. The first-order valence-electron chi connectivity index (χ1n) is 8.32. The maximum absolute atomic E-state index is 13.0. The van der Waals surface area contributed by atoms with Gasteiger partial charge in [0, 0.05) is 0 Å². The predicted octanol–water partition coefficient (Wildman–Crippen LogP) is 3.91. The van der Waals surface area contributed by atoms with Crippen LogP contribution < -0.4 is 9.47 Å². The van der Waals surface area contributed by atoms with Crippen molar-refractivity contribution in [2.24, 2.45) is 0 Å². The second-order valence-electron chi connectivity index (χ2n) is 5.93. The molecule has 0 aliphatic heterocycles. The van der Waals surface area contributed by atoms with Gasteiger partial charge in [-0.3, -0.25) is 0 Å². The van der Waals surface area contributed by atoms with E-state index in [0.29, 0.717) is 5.56 Å². The van der Waals surface area contributed by atoms with Crippen molar-refractivity contribution in [3.63, 3.8) is 0 Å². The summed E-state index contributed by atoms with van der Waals surface area (Å²) in [5.74, 6) is -1.52. The van der Waals surface area contributed by atoms with Gasteiger partial charge >= 0.3 is 11.9 Å². The molecule has 0 atom stereocenters. The number of nitriles is 1. The number of rotatable bonds is 6. The highest BCUT2D eigenvalue weighted by atomic mass is 19.1. The lowest BCUT2D eigenvalue weighted by atomic mass is 10.1. The lowest BCUT2D eigenvalue weighted by molar-refractivity contribution is -0.142. The molecule has 0 amide bonds. The summed E-state index contributed by atoms with van der Waals surface area (Å²) in [5, 5.41) is 9.17. The molecule has 2 aromatic rings. The summed E-state index contributed by atoms with van der Waals surface area (Å²) in [6, 6.07) is 11.2. The lowest BCUT2D eigenvalue weighted by Gasteiger charge is -2.10. The van der Waals surface area contributed by atoms with Crippen LogP contribution in [0.3, 0.4) is 0 Å². The molecule has 0 aromatic heterocycles. The fraction of sp³-hybridized carbons (Fsp3) is 0.190. The fourth-order valence-electron chi connectivity index (χ4n) is 2.18. The molecule has 144 valence electrons. The van der Waals surface area contributed by atoms with Crippen LogP contribution >= 0.6 is 0 Å². The Balaban J connectivity index is 2.25. The summed E-state index contributed by atoms with van der Waals surface area (Å²) in [6.07, 6.45) is 0.991. The second kappa shape index (κ2) is 9.33. The molecule has 0 saturated carbocycles. The van der Waals surface area contributed by atoms with Gasteiger partial charge in [0.1, 0.15) is 17.5 Å². The Bertz CT molecular complexity index is 942. The molecule has 0 N–H and O–H groups in total. The number of hydrogen-bond acceptors (Lipinski definition) is 6. The van der Waals surface area contributed by atoms with Crippen LogP contribution in [0.25, 0.3) is 6.08 Å². The number of ether oxygens (including phenoxy) is 3. The summed E-state index contributed by atoms with van der Waals surface area (Å²) in [6.45, 7) is 3.36. The highest BCUT2D eigenvalue weighted by Gasteiger charge is 2.15. The highest BCUT2D eigenvalue weighted by molar-refractivity contribution is 5.98. The molecule has 0 aliphatic rings. The van der Waals surface area contributed by atoms with Gasteiger partial charge in [0.05, 0.1) is 18.8 Å². The minimum atomic E-state index is -0.733. The number of esters is 2. The number of hydrogen-bond donors (Lipinski definition) is 0. The first-order chi connectivity index (χ1) is 13.3. The number of methoxy groups -OCH3 is 1. The van der Waals surface area contributed by atoms with Gasteiger partial charge in [0.2, 0.25) is 0 Å². The van der Waals surface area contributed by atoms with E-state index in [1.54, 1.807) is 26.0 Å². The Labute approximate surface area is 161 Å². The zero-order valence-corrected chi connectivity index (χ0v) is 15.6. The number of carbonyl (C=O) groups excluding carboxylic acids is 2. The van der Waals surface area contributed by atoms with Crippen molar-refractivity contribution in [1.29, 1.82) is 5.26 Å². The van der Waals surface area contributed by atoms with Crippen molar-refractivity contribution in [1.82, 2.24) is 0 Å². The molecule has 0 saturated heterocycles. The smallest absolute Gasteiger partial charge is 0.349 e. The largest absolute Gasteiger partial charge is 0.493 e. The average molecular weight is 383 g/mol. The maximum atomic E-state index is 13.0. The van der Waals surface area contributed by atoms with Crippen LogP contribution in [-0.4, -0.2) is 25.2 Å². The Morgan fingerprint density at radius 1 is 1.11 bits per heavy atom. The van der Waals surface area contributed by atoms with E-state index in [1.165, 1.54) is 37.5 Å². The normalized spacial score (nSPS) is 10.9. The molecular formula is C21H18FNO5. The van der Waals surface area contributed by atoms with Crippen LogP contribution in [0.2, 0.25) is 0 Å². The zero-order chi connectivity index (χ0) is 20.7. The van der Waals surface area contributed by atoms with Gasteiger partial charge in [0.25, 0.3) is 0 Å². The van der Waals surface area contributed by atoms with Crippen LogP contribution in [0.5, 0.6) is 11.5 Å². The molecule has 2 aromatic carbocycles. The SMILES string of the molecule is COc1cc(/C=C(\C#N)C(=O)OC(C)C)ccc1OC(=O)c1ccc(F)cc1. The first kappa shape index (κ1) is 20.6. The molecular weight excluding hydrogens is 365 g/mol. The van der Waals surface area contributed by atoms with Crippen LogP contribution in [0, 0.1) is 17.1 Å². The van der Waals surface area contributed by atoms with E-state index in [-0.39, 0.29) is 28.7 Å². The van der Waals surface area contributed by atoms with Gasteiger partial charge in [-0.05, 0) is 61.9 Å². The molecule has 0 aliphatic carbocycles. The summed E-state index contributed by atoms with van der Waals surface area (Å²) >= 11 is 0. The molecule has 2 rings (SSSR count). The monoisotopic (exact) mass is 383 g/mol. The Hall–Kier alpha value is -3.66. The number of benzene rings is 2. The molecule has 7 heteroatoms. The Kier molecular flexibility index (Phi) is 6.88. The van der Waals surface area contributed by atoms with E-state index in [2.05, 4.69) is 0 Å². The molecule has 0 unspecified atom stereocenters. The minimum Gasteiger partial charge on any atom is -0.493 e. The Morgan fingerprint density at radius 3 is 2.36 bits per heavy atom. The summed E-state index contributed by atoms with van der Waals surface area (Å²) in [4.78, 5) is 24.1. The van der Waals surface area contributed by atoms with Crippen molar-refractivity contribution in [3.8, 4) is 17.6 Å². The van der Waals surface area contributed by atoms with Crippen molar-refractivity contribution in [3.05, 3.63) is 65.0 Å². The minimum absolute atomic E-state index is 0.136. The quantitative estimate of drug-likeness (QED) is 0.325. The Morgan fingerprint density at radius 2 is 1.79 bits per heavy atom. The molecule has 0 radical (unpaired) electrons. The predicted molar refractivity (Wildman–Crippen MR) is 99.2 cm³/mol. The van der Waals surface area contributed by atoms with E-state index in [9.17, 15) is 14.0 Å². The topological polar surface area (TPSA) is 85.6 Å². The third-order valence-electron chi connectivity index (χ3n) is 3.46. The van der Waals surface area contributed by atoms with Crippen molar-refractivity contribution in [2.75, 3.05) is 7.11 Å². The highest BCUT2D eigenvalue weighted by Crippen LogP contribution is 2.30. The van der Waals surface area contributed by atoms with Crippen LogP contribution in [0.15, 0.2) is 48.0 Å². The average Bonchev–Trinajstić information content (AvgIpc) is 2.66. The van der Waals surface area contributed by atoms with Gasteiger partial charge in [-0.1, -0.05) is 6.07 Å². The summed E-state index contributed by atoms with van der Waals surface area (Å²) in [7, 11) is 1.39. The van der Waals surface area contributed by atoms with Gasteiger partial charge in [-0.25, -0.2) is 14.0 Å². The van der Waals surface area contributed by atoms with Crippen molar-refractivity contribution >= 4 is 18.0 Å². The molecule has 6 nitrogen and oxygen atoms in total. The van der Waals surface area contributed by atoms with Crippen molar-refractivity contribution < 1.29 is 28.2 Å². The maximum Gasteiger partial charge on any atom is 0.349 e. The molecule has 0 heterocycles. The number of carbonyl (C=O) groups is 2. The van der Waals surface area contributed by atoms with Crippen molar-refractivity contribution in [2.45, 2.75) is 20.0 Å². The van der Waals surface area contributed by atoms with Gasteiger partial charge in [-0.2, -0.15) is 5.26 Å². The molecule has 0 bridgehead atoms. The van der Waals surface area contributed by atoms with Gasteiger partial charge < -0.3 is 14.2 Å². The van der Waals surface area contributed by atoms with E-state index in [1.807, 2.05) is 0 Å². The molecule has 0 fully saturated rings. The lowest BCUT2D eigenvalue weighted by Crippen LogP contribution is -2.12. The van der Waals surface area contributed by atoms with E-state index in [4.69, 9.17) is 19.5 Å².